The molecule has 2 rings (SSSR count). The molecule has 5 heteroatoms. The first kappa shape index (κ1) is 13.7. The van der Waals surface area contributed by atoms with Crippen LogP contribution in [0, 0.1) is 0 Å². The Balaban J connectivity index is 1.94. The molecule has 0 atom stereocenters. The van der Waals surface area contributed by atoms with Crippen LogP contribution in [0.1, 0.15) is 22.9 Å². The zero-order valence-electron chi connectivity index (χ0n) is 10.7. The molecule has 0 bridgehead atoms. The summed E-state index contributed by atoms with van der Waals surface area (Å²) in [5.41, 5.74) is 2.13. The SMILES string of the molecule is CC(=O)Nc1ncc(CCc2cccc(CO)c2)s1. The van der Waals surface area contributed by atoms with E-state index in [1.807, 2.05) is 18.2 Å². The summed E-state index contributed by atoms with van der Waals surface area (Å²) < 4.78 is 0. The molecule has 0 aliphatic heterocycles. The topological polar surface area (TPSA) is 62.2 Å². The normalized spacial score (nSPS) is 10.4. The number of aliphatic hydroxyl groups excluding tert-OH is 1. The summed E-state index contributed by atoms with van der Waals surface area (Å²) in [7, 11) is 0. The number of aliphatic hydroxyl groups is 1. The molecular formula is C14H16N2O2S. The minimum atomic E-state index is -0.100. The third-order valence-corrected chi connectivity index (χ3v) is 3.64. The molecule has 1 aromatic carbocycles. The van der Waals surface area contributed by atoms with Crippen LogP contribution in [0.3, 0.4) is 0 Å². The summed E-state index contributed by atoms with van der Waals surface area (Å²) in [5.74, 6) is -0.100. The van der Waals surface area contributed by atoms with Gasteiger partial charge in [0.2, 0.25) is 5.91 Å². The van der Waals surface area contributed by atoms with E-state index >= 15 is 0 Å². The van der Waals surface area contributed by atoms with Gasteiger partial charge in [-0.15, -0.1) is 11.3 Å². The summed E-state index contributed by atoms with van der Waals surface area (Å²) in [4.78, 5) is 16.2. The van der Waals surface area contributed by atoms with Gasteiger partial charge in [0.1, 0.15) is 0 Å². The van der Waals surface area contributed by atoms with Crippen LogP contribution in [0.15, 0.2) is 30.5 Å². The van der Waals surface area contributed by atoms with Crippen LogP contribution in [-0.2, 0) is 24.2 Å². The van der Waals surface area contributed by atoms with Crippen molar-refractivity contribution in [3.8, 4) is 0 Å². The van der Waals surface area contributed by atoms with Crippen molar-refractivity contribution >= 4 is 22.4 Å². The molecule has 0 spiro atoms. The van der Waals surface area contributed by atoms with Gasteiger partial charge >= 0.3 is 0 Å². The van der Waals surface area contributed by atoms with Crippen molar-refractivity contribution < 1.29 is 9.90 Å². The number of nitrogens with one attached hydrogen (secondary N) is 1. The summed E-state index contributed by atoms with van der Waals surface area (Å²) in [5, 5.41) is 12.4. The highest BCUT2D eigenvalue weighted by molar-refractivity contribution is 7.15. The van der Waals surface area contributed by atoms with Gasteiger partial charge in [-0.3, -0.25) is 4.79 Å². The minimum absolute atomic E-state index is 0.0705. The quantitative estimate of drug-likeness (QED) is 0.881. The Labute approximate surface area is 116 Å². The summed E-state index contributed by atoms with van der Waals surface area (Å²) >= 11 is 1.50. The Kier molecular flexibility index (Phi) is 4.65. The monoisotopic (exact) mass is 276 g/mol. The summed E-state index contributed by atoms with van der Waals surface area (Å²) in [6, 6.07) is 7.92. The number of carbonyl (C=O) groups is 1. The van der Waals surface area contributed by atoms with Crippen LogP contribution in [0.4, 0.5) is 5.13 Å². The number of thiazole rings is 1. The molecule has 2 aromatic rings. The standard InChI is InChI=1S/C14H16N2O2S/c1-10(18)16-14-15-8-13(19-14)6-5-11-3-2-4-12(7-11)9-17/h2-4,7-8,17H,5-6,9H2,1H3,(H,15,16,18). The van der Waals surface area contributed by atoms with Gasteiger partial charge in [-0.1, -0.05) is 24.3 Å². The van der Waals surface area contributed by atoms with E-state index in [1.165, 1.54) is 23.8 Å². The van der Waals surface area contributed by atoms with Crippen molar-refractivity contribution in [2.45, 2.75) is 26.4 Å². The smallest absolute Gasteiger partial charge is 0.223 e. The van der Waals surface area contributed by atoms with E-state index in [4.69, 9.17) is 5.11 Å². The predicted molar refractivity (Wildman–Crippen MR) is 76.2 cm³/mol. The molecule has 19 heavy (non-hydrogen) atoms. The van der Waals surface area contributed by atoms with E-state index in [0.29, 0.717) is 5.13 Å². The van der Waals surface area contributed by atoms with Crippen LogP contribution in [0.25, 0.3) is 0 Å². The Morgan fingerprint density at radius 1 is 1.37 bits per heavy atom. The number of rotatable bonds is 5. The minimum Gasteiger partial charge on any atom is -0.392 e. The lowest BCUT2D eigenvalue weighted by molar-refractivity contribution is -0.114. The average Bonchev–Trinajstić information content (AvgIpc) is 2.83. The van der Waals surface area contributed by atoms with E-state index in [0.717, 1.165) is 23.3 Å². The van der Waals surface area contributed by atoms with Gasteiger partial charge in [-0.05, 0) is 24.0 Å². The number of hydrogen-bond donors (Lipinski definition) is 2. The summed E-state index contributed by atoms with van der Waals surface area (Å²) in [6.45, 7) is 1.54. The van der Waals surface area contributed by atoms with Crippen molar-refractivity contribution in [2.24, 2.45) is 0 Å². The average molecular weight is 276 g/mol. The maximum Gasteiger partial charge on any atom is 0.223 e. The van der Waals surface area contributed by atoms with Gasteiger partial charge in [0.15, 0.2) is 5.13 Å². The Hall–Kier alpha value is -1.72. The lowest BCUT2D eigenvalue weighted by atomic mass is 10.1. The zero-order valence-corrected chi connectivity index (χ0v) is 11.5. The molecule has 0 unspecified atom stereocenters. The number of carbonyl (C=O) groups excluding carboxylic acids is 1. The first-order valence-corrected chi connectivity index (χ1v) is 6.90. The van der Waals surface area contributed by atoms with E-state index in [9.17, 15) is 4.79 Å². The Morgan fingerprint density at radius 2 is 2.16 bits per heavy atom. The molecule has 4 nitrogen and oxygen atoms in total. The molecular weight excluding hydrogens is 260 g/mol. The van der Waals surface area contributed by atoms with Crippen LogP contribution >= 0.6 is 11.3 Å². The number of aromatic nitrogens is 1. The van der Waals surface area contributed by atoms with Crippen molar-refractivity contribution in [1.29, 1.82) is 0 Å². The zero-order chi connectivity index (χ0) is 13.7. The van der Waals surface area contributed by atoms with E-state index in [2.05, 4.69) is 16.4 Å². The van der Waals surface area contributed by atoms with Crippen molar-refractivity contribution in [1.82, 2.24) is 4.98 Å². The third kappa shape index (κ3) is 4.15. The number of anilines is 1. The number of benzene rings is 1. The van der Waals surface area contributed by atoms with Gasteiger partial charge in [-0.2, -0.15) is 0 Å². The van der Waals surface area contributed by atoms with E-state index < -0.39 is 0 Å². The highest BCUT2D eigenvalue weighted by Gasteiger charge is 2.04. The maximum absolute atomic E-state index is 10.9. The van der Waals surface area contributed by atoms with Crippen molar-refractivity contribution in [3.05, 3.63) is 46.5 Å². The first-order valence-electron chi connectivity index (χ1n) is 6.08. The summed E-state index contributed by atoms with van der Waals surface area (Å²) in [6.07, 6.45) is 3.58. The second kappa shape index (κ2) is 6.45. The number of hydrogen-bond acceptors (Lipinski definition) is 4. The highest BCUT2D eigenvalue weighted by Crippen LogP contribution is 2.20. The van der Waals surface area contributed by atoms with E-state index in [-0.39, 0.29) is 12.5 Å². The Morgan fingerprint density at radius 3 is 2.89 bits per heavy atom. The molecule has 0 radical (unpaired) electrons. The molecule has 100 valence electrons. The van der Waals surface area contributed by atoms with E-state index in [1.54, 1.807) is 6.20 Å². The molecule has 0 saturated heterocycles. The predicted octanol–water partition coefficient (Wildman–Crippen LogP) is 2.38. The van der Waals surface area contributed by atoms with Crippen LogP contribution in [0.5, 0.6) is 0 Å². The lowest BCUT2D eigenvalue weighted by Crippen LogP contribution is -2.04. The van der Waals surface area contributed by atoms with Crippen LogP contribution in [-0.4, -0.2) is 16.0 Å². The van der Waals surface area contributed by atoms with Gasteiger partial charge in [0, 0.05) is 18.0 Å². The first-order chi connectivity index (χ1) is 9.17. The van der Waals surface area contributed by atoms with Crippen molar-refractivity contribution in [3.63, 3.8) is 0 Å². The number of amides is 1. The van der Waals surface area contributed by atoms with Gasteiger partial charge < -0.3 is 10.4 Å². The third-order valence-electron chi connectivity index (χ3n) is 2.67. The molecule has 0 aliphatic rings. The number of nitrogens with zero attached hydrogens (tertiary/aromatic N) is 1. The molecule has 1 amide bonds. The van der Waals surface area contributed by atoms with Crippen molar-refractivity contribution in [2.75, 3.05) is 5.32 Å². The van der Waals surface area contributed by atoms with Gasteiger partial charge in [0.05, 0.1) is 6.61 Å². The fourth-order valence-electron chi connectivity index (χ4n) is 1.78. The lowest BCUT2D eigenvalue weighted by Gasteiger charge is -2.02. The van der Waals surface area contributed by atoms with Crippen LogP contribution in [0.2, 0.25) is 0 Å². The van der Waals surface area contributed by atoms with Gasteiger partial charge in [0.25, 0.3) is 0 Å². The fraction of sp³-hybridized carbons (Fsp3) is 0.286. The largest absolute Gasteiger partial charge is 0.392 e. The molecule has 0 saturated carbocycles. The second-order valence-electron chi connectivity index (χ2n) is 4.29. The van der Waals surface area contributed by atoms with Gasteiger partial charge in [-0.25, -0.2) is 4.98 Å². The maximum atomic E-state index is 10.9. The molecule has 2 N–H and O–H groups in total. The van der Waals surface area contributed by atoms with Crippen LogP contribution < -0.4 is 5.32 Å². The molecule has 0 fully saturated rings. The molecule has 1 heterocycles. The Bertz CT molecular complexity index is 566. The number of aryl methyl sites for hydroxylation is 2. The second-order valence-corrected chi connectivity index (χ2v) is 5.41. The highest BCUT2D eigenvalue weighted by atomic mass is 32.1. The fourth-order valence-corrected chi connectivity index (χ4v) is 2.64. The molecule has 0 aliphatic carbocycles. The molecule has 1 aromatic heterocycles.